The quantitative estimate of drug-likeness (QED) is 0.566. The van der Waals surface area contributed by atoms with Crippen molar-refractivity contribution in [3.8, 4) is 0 Å². The van der Waals surface area contributed by atoms with Gasteiger partial charge < -0.3 is 15.5 Å². The van der Waals surface area contributed by atoms with Crippen LogP contribution in [0.25, 0.3) is 0 Å². The molecule has 1 amide bonds. The first-order valence-electron chi connectivity index (χ1n) is 4.47. The molecule has 0 aromatic heterocycles. The highest BCUT2D eigenvalue weighted by Crippen LogP contribution is 2.24. The van der Waals surface area contributed by atoms with E-state index in [1.807, 2.05) is 0 Å². The van der Waals surface area contributed by atoms with E-state index in [0.29, 0.717) is 0 Å². The number of carbonyl (C=O) groups is 2. The minimum atomic E-state index is -0.912. The van der Waals surface area contributed by atoms with Crippen LogP contribution in [0.4, 0.5) is 0 Å². The maximum Gasteiger partial charge on any atom is 0.303 e. The molecule has 0 spiro atoms. The highest BCUT2D eigenvalue weighted by molar-refractivity contribution is 5.77. The fraction of sp³-hybridized carbons (Fsp3) is 0.778. The van der Waals surface area contributed by atoms with Crippen LogP contribution in [0.5, 0.6) is 0 Å². The normalized spacial score (nSPS) is 11.1. The molecule has 5 nitrogen and oxygen atoms in total. The third-order valence-corrected chi connectivity index (χ3v) is 1.70. The number of hydrogen-bond acceptors (Lipinski definition) is 3. The number of rotatable bonds is 6. The first kappa shape index (κ1) is 12.9. The van der Waals surface area contributed by atoms with Gasteiger partial charge in [-0.25, -0.2) is 0 Å². The van der Waals surface area contributed by atoms with Gasteiger partial charge in [0.2, 0.25) is 5.91 Å². The standard InChI is InChI=1S/C9H17NO4/c1-9(2,6-8(13)14)5-7(12)10-3-4-11/h11H,3-6H2,1-2H3,(H,10,12)(H,13,14). The summed E-state index contributed by atoms with van der Waals surface area (Å²) in [5.41, 5.74) is -0.550. The number of carboxylic acids is 1. The van der Waals surface area contributed by atoms with Gasteiger partial charge in [-0.3, -0.25) is 9.59 Å². The zero-order valence-electron chi connectivity index (χ0n) is 8.54. The Morgan fingerprint density at radius 2 is 1.86 bits per heavy atom. The monoisotopic (exact) mass is 203 g/mol. The van der Waals surface area contributed by atoms with Gasteiger partial charge >= 0.3 is 5.97 Å². The Labute approximate surface area is 83.1 Å². The lowest BCUT2D eigenvalue weighted by atomic mass is 9.85. The van der Waals surface area contributed by atoms with E-state index < -0.39 is 11.4 Å². The van der Waals surface area contributed by atoms with Gasteiger partial charge in [0.25, 0.3) is 0 Å². The van der Waals surface area contributed by atoms with E-state index in [2.05, 4.69) is 5.32 Å². The molecule has 0 saturated heterocycles. The molecule has 0 aliphatic carbocycles. The predicted molar refractivity (Wildman–Crippen MR) is 50.7 cm³/mol. The lowest BCUT2D eigenvalue weighted by Gasteiger charge is -2.21. The molecule has 0 aromatic rings. The lowest BCUT2D eigenvalue weighted by molar-refractivity contribution is -0.139. The van der Waals surface area contributed by atoms with Crippen LogP contribution >= 0.6 is 0 Å². The first-order chi connectivity index (χ1) is 6.37. The zero-order valence-corrected chi connectivity index (χ0v) is 8.54. The summed E-state index contributed by atoms with van der Waals surface area (Å²) in [6.45, 7) is 3.55. The molecular formula is C9H17NO4. The number of aliphatic hydroxyl groups excluding tert-OH is 1. The van der Waals surface area contributed by atoms with Crippen molar-refractivity contribution in [2.24, 2.45) is 5.41 Å². The second-order valence-corrected chi connectivity index (χ2v) is 3.99. The minimum absolute atomic E-state index is 0.0421. The molecule has 0 rings (SSSR count). The van der Waals surface area contributed by atoms with Gasteiger partial charge in [-0.15, -0.1) is 0 Å². The number of aliphatic carboxylic acids is 1. The average Bonchev–Trinajstić information content (AvgIpc) is 1.96. The molecule has 0 aliphatic rings. The van der Waals surface area contributed by atoms with Crippen molar-refractivity contribution in [1.82, 2.24) is 5.32 Å². The Kier molecular flexibility index (Phi) is 5.15. The Bertz CT molecular complexity index is 213. The van der Waals surface area contributed by atoms with Crippen LogP contribution in [0.1, 0.15) is 26.7 Å². The van der Waals surface area contributed by atoms with E-state index >= 15 is 0 Å². The summed E-state index contributed by atoms with van der Waals surface area (Å²) in [6.07, 6.45) is 0.110. The molecule has 0 aromatic carbocycles. The van der Waals surface area contributed by atoms with E-state index in [9.17, 15) is 9.59 Å². The summed E-state index contributed by atoms with van der Waals surface area (Å²) in [4.78, 5) is 21.6. The van der Waals surface area contributed by atoms with Crippen molar-refractivity contribution < 1.29 is 19.8 Å². The molecule has 82 valence electrons. The number of carbonyl (C=O) groups excluding carboxylic acids is 1. The highest BCUT2D eigenvalue weighted by atomic mass is 16.4. The molecule has 0 fully saturated rings. The van der Waals surface area contributed by atoms with Crippen molar-refractivity contribution in [2.45, 2.75) is 26.7 Å². The van der Waals surface area contributed by atoms with Crippen LogP contribution in [0.2, 0.25) is 0 Å². The van der Waals surface area contributed by atoms with E-state index in [1.54, 1.807) is 13.8 Å². The van der Waals surface area contributed by atoms with Gasteiger partial charge in [0.05, 0.1) is 13.0 Å². The van der Waals surface area contributed by atoms with Crippen molar-refractivity contribution >= 4 is 11.9 Å². The van der Waals surface area contributed by atoms with E-state index in [1.165, 1.54) is 0 Å². The van der Waals surface area contributed by atoms with Gasteiger partial charge in [-0.05, 0) is 5.41 Å². The lowest BCUT2D eigenvalue weighted by Crippen LogP contribution is -2.31. The fourth-order valence-corrected chi connectivity index (χ4v) is 1.16. The summed E-state index contributed by atoms with van der Waals surface area (Å²) in [5, 5.41) is 19.5. The topological polar surface area (TPSA) is 86.6 Å². The highest BCUT2D eigenvalue weighted by Gasteiger charge is 2.24. The second kappa shape index (κ2) is 5.59. The van der Waals surface area contributed by atoms with Crippen molar-refractivity contribution in [3.05, 3.63) is 0 Å². The fourth-order valence-electron chi connectivity index (χ4n) is 1.16. The molecular weight excluding hydrogens is 186 g/mol. The molecule has 0 bridgehead atoms. The predicted octanol–water partition coefficient (Wildman–Crippen LogP) is -0.0141. The Hall–Kier alpha value is -1.10. The van der Waals surface area contributed by atoms with E-state index in [4.69, 9.17) is 10.2 Å². The SMILES string of the molecule is CC(C)(CC(=O)O)CC(=O)NCCO. The first-order valence-corrected chi connectivity index (χ1v) is 4.47. The van der Waals surface area contributed by atoms with E-state index in [-0.39, 0.29) is 31.9 Å². The van der Waals surface area contributed by atoms with Crippen LogP contribution in [0.15, 0.2) is 0 Å². The number of nitrogens with one attached hydrogen (secondary N) is 1. The smallest absolute Gasteiger partial charge is 0.303 e. The molecule has 0 saturated carbocycles. The largest absolute Gasteiger partial charge is 0.481 e. The molecule has 14 heavy (non-hydrogen) atoms. The molecule has 0 atom stereocenters. The third kappa shape index (κ3) is 6.42. The van der Waals surface area contributed by atoms with Crippen LogP contribution < -0.4 is 5.32 Å². The second-order valence-electron chi connectivity index (χ2n) is 3.99. The zero-order chi connectivity index (χ0) is 11.2. The number of hydrogen-bond donors (Lipinski definition) is 3. The third-order valence-electron chi connectivity index (χ3n) is 1.70. The number of carboxylic acid groups (broad SMARTS) is 1. The maximum atomic E-state index is 11.2. The van der Waals surface area contributed by atoms with Crippen LogP contribution in [0, 0.1) is 5.41 Å². The van der Waals surface area contributed by atoms with Gasteiger partial charge in [0, 0.05) is 13.0 Å². The van der Waals surface area contributed by atoms with Gasteiger partial charge in [0.1, 0.15) is 0 Å². The average molecular weight is 203 g/mol. The summed E-state index contributed by atoms with van der Waals surface area (Å²) in [6, 6.07) is 0. The molecule has 5 heteroatoms. The molecule has 0 aliphatic heterocycles. The minimum Gasteiger partial charge on any atom is -0.481 e. The van der Waals surface area contributed by atoms with Crippen LogP contribution in [-0.2, 0) is 9.59 Å². The van der Waals surface area contributed by atoms with Crippen molar-refractivity contribution in [1.29, 1.82) is 0 Å². The maximum absolute atomic E-state index is 11.2. The molecule has 0 unspecified atom stereocenters. The molecule has 3 N–H and O–H groups in total. The van der Waals surface area contributed by atoms with Crippen LogP contribution in [-0.4, -0.2) is 35.2 Å². The Morgan fingerprint density at radius 1 is 1.29 bits per heavy atom. The number of amides is 1. The van der Waals surface area contributed by atoms with Gasteiger partial charge in [-0.2, -0.15) is 0 Å². The van der Waals surface area contributed by atoms with Gasteiger partial charge in [-0.1, -0.05) is 13.8 Å². The summed E-state index contributed by atoms with van der Waals surface area (Å²) < 4.78 is 0. The summed E-state index contributed by atoms with van der Waals surface area (Å²) in [7, 11) is 0. The Balaban J connectivity index is 3.95. The number of aliphatic hydroxyl groups is 1. The molecule has 0 radical (unpaired) electrons. The van der Waals surface area contributed by atoms with Crippen molar-refractivity contribution in [2.75, 3.05) is 13.2 Å². The van der Waals surface area contributed by atoms with E-state index in [0.717, 1.165) is 0 Å². The summed E-state index contributed by atoms with van der Waals surface area (Å²) >= 11 is 0. The Morgan fingerprint density at radius 3 is 2.29 bits per heavy atom. The molecule has 0 heterocycles. The van der Waals surface area contributed by atoms with Crippen molar-refractivity contribution in [3.63, 3.8) is 0 Å². The summed E-state index contributed by atoms with van der Waals surface area (Å²) in [5.74, 6) is -1.14. The van der Waals surface area contributed by atoms with Crippen LogP contribution in [0.3, 0.4) is 0 Å². The van der Waals surface area contributed by atoms with Gasteiger partial charge in [0.15, 0.2) is 0 Å².